The molecule has 1 rings (SSSR count). The van der Waals surface area contributed by atoms with Crippen LogP contribution in [0.2, 0.25) is 0 Å². The van der Waals surface area contributed by atoms with E-state index in [1.54, 1.807) is 0 Å². The van der Waals surface area contributed by atoms with Gasteiger partial charge in [0.2, 0.25) is 0 Å². The van der Waals surface area contributed by atoms with Gasteiger partial charge in [0, 0.05) is 20.8 Å². The van der Waals surface area contributed by atoms with E-state index in [0.717, 1.165) is 19.0 Å². The lowest BCUT2D eigenvalue weighted by Gasteiger charge is -2.04. The van der Waals surface area contributed by atoms with E-state index in [2.05, 4.69) is 48.1 Å². The number of nitrogens with one attached hydrogen (secondary N) is 1. The quantitative estimate of drug-likeness (QED) is 0.874. The summed E-state index contributed by atoms with van der Waals surface area (Å²) >= 11 is 5.38. The molecule has 0 atom stereocenters. The summed E-state index contributed by atoms with van der Waals surface area (Å²) in [6.07, 6.45) is 0. The molecule has 0 aliphatic rings. The van der Waals surface area contributed by atoms with Crippen molar-refractivity contribution in [3.8, 4) is 0 Å². The van der Waals surface area contributed by atoms with Crippen LogP contribution in [0.3, 0.4) is 0 Å². The minimum atomic E-state index is 0.726. The Hall–Kier alpha value is 0.140. The van der Waals surface area contributed by atoms with Gasteiger partial charge in [0.05, 0.1) is 0 Å². The van der Waals surface area contributed by atoms with Crippen molar-refractivity contribution in [1.82, 2.24) is 5.32 Å². The van der Waals surface area contributed by atoms with Gasteiger partial charge in [-0.25, -0.2) is 0 Å². The minimum absolute atomic E-state index is 0.726. The van der Waals surface area contributed by atoms with Crippen LogP contribution in [0, 0.1) is 12.8 Å². The zero-order valence-corrected chi connectivity index (χ0v) is 10.8. The molecule has 1 aromatic heterocycles. The van der Waals surface area contributed by atoms with E-state index in [1.807, 2.05) is 11.3 Å². The lowest BCUT2D eigenvalue weighted by molar-refractivity contribution is 0.555. The molecule has 1 nitrogen and oxygen atoms in total. The van der Waals surface area contributed by atoms with Crippen LogP contribution >= 0.6 is 27.3 Å². The van der Waals surface area contributed by atoms with Gasteiger partial charge in [-0.05, 0) is 41.4 Å². The lowest BCUT2D eigenvalue weighted by atomic mass is 10.2. The smallest absolute Gasteiger partial charge is 0.0314 e. The van der Waals surface area contributed by atoms with E-state index < -0.39 is 0 Å². The van der Waals surface area contributed by atoms with Crippen LogP contribution in [0.5, 0.6) is 0 Å². The van der Waals surface area contributed by atoms with Gasteiger partial charge in [0.1, 0.15) is 0 Å². The van der Waals surface area contributed by atoms with Crippen LogP contribution in [0.4, 0.5) is 0 Å². The molecule has 0 radical (unpaired) electrons. The zero-order valence-electron chi connectivity index (χ0n) is 8.36. The molecule has 0 amide bonds. The molecule has 1 N–H and O–H groups in total. The highest BCUT2D eigenvalue weighted by atomic mass is 79.9. The molecule has 74 valence electrons. The maximum Gasteiger partial charge on any atom is 0.0314 e. The van der Waals surface area contributed by atoms with E-state index in [9.17, 15) is 0 Å². The Morgan fingerprint density at radius 1 is 1.54 bits per heavy atom. The third-order valence-electron chi connectivity index (χ3n) is 1.76. The first-order valence-electron chi connectivity index (χ1n) is 4.55. The topological polar surface area (TPSA) is 12.0 Å². The zero-order chi connectivity index (χ0) is 9.84. The van der Waals surface area contributed by atoms with E-state index in [0.29, 0.717) is 0 Å². The van der Waals surface area contributed by atoms with Gasteiger partial charge >= 0.3 is 0 Å². The number of rotatable bonds is 4. The summed E-state index contributed by atoms with van der Waals surface area (Å²) in [5, 5.41) is 3.43. The molecule has 0 unspecified atom stereocenters. The molecule has 0 aromatic carbocycles. The van der Waals surface area contributed by atoms with Crippen LogP contribution < -0.4 is 5.32 Å². The molecule has 3 heteroatoms. The van der Waals surface area contributed by atoms with Gasteiger partial charge in [-0.1, -0.05) is 13.8 Å². The highest BCUT2D eigenvalue weighted by molar-refractivity contribution is 9.10. The second kappa shape index (κ2) is 5.13. The molecule has 0 fully saturated rings. The summed E-state index contributed by atoms with van der Waals surface area (Å²) in [5.74, 6) is 0.726. The Bertz CT molecular complexity index is 248. The number of aryl methyl sites for hydroxylation is 1. The third-order valence-corrected chi connectivity index (χ3v) is 3.90. The first kappa shape index (κ1) is 11.2. The Balaban J connectivity index is 2.37. The van der Waals surface area contributed by atoms with E-state index in [-0.39, 0.29) is 0 Å². The largest absolute Gasteiger partial charge is 0.312 e. The molecule has 1 heterocycles. The van der Waals surface area contributed by atoms with Gasteiger partial charge in [-0.2, -0.15) is 0 Å². The van der Waals surface area contributed by atoms with Crippen LogP contribution in [0.15, 0.2) is 10.5 Å². The van der Waals surface area contributed by atoms with Crippen LogP contribution in [0.25, 0.3) is 0 Å². The van der Waals surface area contributed by atoms with Crippen molar-refractivity contribution in [2.45, 2.75) is 27.3 Å². The van der Waals surface area contributed by atoms with Gasteiger partial charge in [0.15, 0.2) is 0 Å². The monoisotopic (exact) mass is 261 g/mol. The molecule has 0 aliphatic heterocycles. The summed E-state index contributed by atoms with van der Waals surface area (Å²) in [6, 6.07) is 2.20. The predicted octanol–water partition coefficient (Wildman–Crippen LogP) is 3.56. The molecule has 0 aliphatic carbocycles. The van der Waals surface area contributed by atoms with Gasteiger partial charge in [-0.15, -0.1) is 11.3 Å². The van der Waals surface area contributed by atoms with Crippen LogP contribution in [-0.2, 0) is 6.54 Å². The van der Waals surface area contributed by atoms with Crippen molar-refractivity contribution in [2.24, 2.45) is 5.92 Å². The first-order chi connectivity index (χ1) is 6.09. The first-order valence-corrected chi connectivity index (χ1v) is 6.16. The SMILES string of the molecule is Cc1sc(CNCC(C)C)cc1Br. The molecule has 1 aromatic rings. The predicted molar refractivity (Wildman–Crippen MR) is 63.3 cm³/mol. The maximum absolute atomic E-state index is 3.52. The number of hydrogen-bond acceptors (Lipinski definition) is 2. The van der Waals surface area contributed by atoms with Gasteiger partial charge < -0.3 is 5.32 Å². The highest BCUT2D eigenvalue weighted by Crippen LogP contribution is 2.25. The van der Waals surface area contributed by atoms with Crippen molar-refractivity contribution in [1.29, 1.82) is 0 Å². The Morgan fingerprint density at radius 2 is 2.23 bits per heavy atom. The molecule has 0 saturated carbocycles. The molecule has 13 heavy (non-hydrogen) atoms. The second-order valence-corrected chi connectivity index (χ2v) is 5.84. The van der Waals surface area contributed by atoms with Crippen molar-refractivity contribution < 1.29 is 0 Å². The molecule has 0 saturated heterocycles. The summed E-state index contributed by atoms with van der Waals surface area (Å²) in [7, 11) is 0. The second-order valence-electron chi connectivity index (χ2n) is 3.64. The van der Waals surface area contributed by atoms with E-state index in [4.69, 9.17) is 0 Å². The molecule has 0 spiro atoms. The van der Waals surface area contributed by atoms with E-state index in [1.165, 1.54) is 14.2 Å². The fraction of sp³-hybridized carbons (Fsp3) is 0.600. The van der Waals surface area contributed by atoms with Crippen molar-refractivity contribution in [3.63, 3.8) is 0 Å². The van der Waals surface area contributed by atoms with Gasteiger partial charge in [0.25, 0.3) is 0 Å². The minimum Gasteiger partial charge on any atom is -0.312 e. The summed E-state index contributed by atoms with van der Waals surface area (Å²) in [5.41, 5.74) is 0. The fourth-order valence-electron chi connectivity index (χ4n) is 1.09. The normalized spacial score (nSPS) is 11.2. The Morgan fingerprint density at radius 3 is 2.69 bits per heavy atom. The summed E-state index contributed by atoms with van der Waals surface area (Å²) in [4.78, 5) is 2.77. The van der Waals surface area contributed by atoms with E-state index >= 15 is 0 Å². The Kier molecular flexibility index (Phi) is 4.42. The number of halogens is 1. The summed E-state index contributed by atoms with van der Waals surface area (Å²) in [6.45, 7) is 8.68. The summed E-state index contributed by atoms with van der Waals surface area (Å²) < 4.78 is 1.24. The van der Waals surface area contributed by atoms with Crippen molar-refractivity contribution in [2.75, 3.05) is 6.54 Å². The highest BCUT2D eigenvalue weighted by Gasteiger charge is 2.02. The fourth-order valence-corrected chi connectivity index (χ4v) is 2.66. The number of hydrogen-bond donors (Lipinski definition) is 1. The lowest BCUT2D eigenvalue weighted by Crippen LogP contribution is -2.18. The Labute approximate surface area is 92.7 Å². The van der Waals surface area contributed by atoms with Crippen LogP contribution in [-0.4, -0.2) is 6.54 Å². The number of thiophene rings is 1. The molecular weight excluding hydrogens is 246 g/mol. The average Bonchev–Trinajstić information content (AvgIpc) is 2.30. The average molecular weight is 262 g/mol. The maximum atomic E-state index is 3.52. The van der Waals surface area contributed by atoms with Crippen LogP contribution in [0.1, 0.15) is 23.6 Å². The molecular formula is C10H16BrNS. The van der Waals surface area contributed by atoms with Gasteiger partial charge in [-0.3, -0.25) is 0 Å². The molecule has 0 bridgehead atoms. The van der Waals surface area contributed by atoms with Crippen molar-refractivity contribution in [3.05, 3.63) is 20.3 Å². The van der Waals surface area contributed by atoms with Crippen molar-refractivity contribution >= 4 is 27.3 Å². The standard InChI is InChI=1S/C10H16BrNS/c1-7(2)5-12-6-9-4-10(11)8(3)13-9/h4,7,12H,5-6H2,1-3H3. The third kappa shape index (κ3) is 3.79.